The molecule has 22 heavy (non-hydrogen) atoms. The minimum atomic E-state index is -0.349. The van der Waals surface area contributed by atoms with Gasteiger partial charge in [0, 0.05) is 10.9 Å². The van der Waals surface area contributed by atoms with Gasteiger partial charge in [-0.05, 0) is 42.7 Å². The minimum absolute atomic E-state index is 0.349. The van der Waals surface area contributed by atoms with Gasteiger partial charge in [0.05, 0.1) is 11.7 Å². The van der Waals surface area contributed by atoms with Crippen LogP contribution in [0.2, 0.25) is 0 Å². The fourth-order valence-corrected chi connectivity index (χ4v) is 2.46. The fraction of sp³-hybridized carbons (Fsp3) is 0.176. The maximum Gasteiger partial charge on any atom is 0.114 e. The molecule has 0 saturated heterocycles. The van der Waals surface area contributed by atoms with Crippen LogP contribution in [0.3, 0.4) is 0 Å². The molecule has 0 saturated carbocycles. The Balaban J connectivity index is 2.04. The summed E-state index contributed by atoms with van der Waals surface area (Å²) >= 11 is 0. The van der Waals surface area contributed by atoms with E-state index in [9.17, 15) is 0 Å². The molecule has 112 valence electrons. The molecule has 3 aromatic rings. The van der Waals surface area contributed by atoms with Crippen molar-refractivity contribution in [1.29, 1.82) is 0 Å². The maximum absolute atomic E-state index is 8.69. The Morgan fingerprint density at radius 3 is 2.45 bits per heavy atom. The summed E-state index contributed by atoms with van der Waals surface area (Å²) in [5.74, 6) is 0. The van der Waals surface area contributed by atoms with E-state index < -0.39 is 0 Å². The van der Waals surface area contributed by atoms with Gasteiger partial charge in [0.1, 0.15) is 5.69 Å². The Morgan fingerprint density at radius 1 is 1.14 bits per heavy atom. The van der Waals surface area contributed by atoms with E-state index in [2.05, 4.69) is 27.5 Å². The molecule has 0 unspecified atom stereocenters. The number of H-pyrrole nitrogens is 1. The van der Waals surface area contributed by atoms with Gasteiger partial charge in [-0.2, -0.15) is 5.10 Å². The predicted molar refractivity (Wildman–Crippen MR) is 88.1 cm³/mol. The molecule has 0 radical (unpaired) electrons. The first kappa shape index (κ1) is 14.3. The summed E-state index contributed by atoms with van der Waals surface area (Å²) in [4.78, 5) is 0. The molecule has 5 nitrogen and oxygen atoms in total. The first-order valence-electron chi connectivity index (χ1n) is 7.04. The first-order valence-corrected chi connectivity index (χ1v) is 7.04. The third-order valence-corrected chi connectivity index (χ3v) is 3.73. The third-order valence-electron chi connectivity index (χ3n) is 3.73. The minimum Gasteiger partial charge on any atom is -0.411 e. The Hall–Kier alpha value is -2.66. The molecule has 1 heterocycles. The maximum atomic E-state index is 8.69. The fourth-order valence-electron chi connectivity index (χ4n) is 2.46. The summed E-state index contributed by atoms with van der Waals surface area (Å²) in [5, 5.41) is 19.7. The van der Waals surface area contributed by atoms with Crippen LogP contribution in [0, 0.1) is 0 Å². The van der Waals surface area contributed by atoms with E-state index in [1.807, 2.05) is 44.2 Å². The van der Waals surface area contributed by atoms with Gasteiger partial charge in [-0.25, -0.2) is 0 Å². The number of aromatic amines is 1. The average molecular weight is 294 g/mol. The van der Waals surface area contributed by atoms with Gasteiger partial charge in [-0.3, -0.25) is 5.10 Å². The number of nitrogens with two attached hydrogens (primary N) is 1. The second kappa shape index (κ2) is 5.27. The normalized spacial score (nSPS) is 12.3. The number of fused-ring (bicyclic) bond motifs is 1. The summed E-state index contributed by atoms with van der Waals surface area (Å²) in [6.45, 7) is 3.97. The quantitative estimate of drug-likeness (QED) is 0.394. The zero-order valence-electron chi connectivity index (χ0n) is 12.5. The monoisotopic (exact) mass is 294 g/mol. The van der Waals surface area contributed by atoms with Crippen molar-refractivity contribution < 1.29 is 5.21 Å². The molecule has 2 aromatic carbocycles. The van der Waals surface area contributed by atoms with Crippen LogP contribution in [-0.2, 0) is 5.54 Å². The van der Waals surface area contributed by atoms with Crippen molar-refractivity contribution in [2.45, 2.75) is 19.4 Å². The standard InChI is InChI=1S/C17H18N4O/c1-17(2,18)13-6-3-11(4-7-13)12-5-8-15-14(9-12)16(10-19-22)21-20-15/h3-10,22H,18H2,1-2H3,(H,20,21). The van der Waals surface area contributed by atoms with E-state index in [4.69, 9.17) is 10.9 Å². The van der Waals surface area contributed by atoms with Gasteiger partial charge in [0.15, 0.2) is 0 Å². The lowest BCUT2D eigenvalue weighted by Gasteiger charge is -2.19. The molecule has 4 N–H and O–H groups in total. The Bertz CT molecular complexity index is 826. The number of hydrogen-bond donors (Lipinski definition) is 3. The number of aromatic nitrogens is 2. The third kappa shape index (κ3) is 2.58. The number of nitrogens with one attached hydrogen (secondary N) is 1. The number of benzene rings is 2. The SMILES string of the molecule is CC(C)(N)c1ccc(-c2ccc3[nH]nc(C=NO)c3c2)cc1. The number of hydrogen-bond acceptors (Lipinski definition) is 4. The van der Waals surface area contributed by atoms with Gasteiger partial charge in [-0.15, -0.1) is 0 Å². The summed E-state index contributed by atoms with van der Waals surface area (Å²) < 4.78 is 0. The van der Waals surface area contributed by atoms with Gasteiger partial charge >= 0.3 is 0 Å². The smallest absolute Gasteiger partial charge is 0.114 e. The van der Waals surface area contributed by atoms with Crippen molar-refractivity contribution in [2.24, 2.45) is 10.9 Å². The Labute approximate surface area is 128 Å². The molecule has 0 spiro atoms. The van der Waals surface area contributed by atoms with E-state index in [0.29, 0.717) is 5.69 Å². The molecule has 0 aliphatic carbocycles. The highest BCUT2D eigenvalue weighted by atomic mass is 16.4. The topological polar surface area (TPSA) is 87.3 Å². The highest BCUT2D eigenvalue weighted by Crippen LogP contribution is 2.27. The van der Waals surface area contributed by atoms with E-state index in [1.165, 1.54) is 6.21 Å². The summed E-state index contributed by atoms with van der Waals surface area (Å²) in [6, 6.07) is 14.2. The van der Waals surface area contributed by atoms with Crippen LogP contribution in [-0.4, -0.2) is 21.6 Å². The van der Waals surface area contributed by atoms with Crippen LogP contribution in [0.1, 0.15) is 25.1 Å². The molecule has 3 rings (SSSR count). The van der Waals surface area contributed by atoms with Crippen LogP contribution in [0.4, 0.5) is 0 Å². The van der Waals surface area contributed by atoms with Crippen molar-refractivity contribution in [3.05, 3.63) is 53.7 Å². The van der Waals surface area contributed by atoms with Crippen molar-refractivity contribution in [3.8, 4) is 11.1 Å². The highest BCUT2D eigenvalue weighted by molar-refractivity contribution is 5.98. The number of nitrogens with zero attached hydrogens (tertiary/aromatic N) is 2. The lowest BCUT2D eigenvalue weighted by Crippen LogP contribution is -2.28. The molecule has 0 bridgehead atoms. The molecule has 0 aliphatic heterocycles. The Kier molecular flexibility index (Phi) is 3.42. The highest BCUT2D eigenvalue weighted by Gasteiger charge is 2.13. The van der Waals surface area contributed by atoms with Gasteiger partial charge < -0.3 is 10.9 Å². The molecule has 0 fully saturated rings. The van der Waals surface area contributed by atoms with E-state index in [-0.39, 0.29) is 5.54 Å². The first-order chi connectivity index (χ1) is 10.5. The van der Waals surface area contributed by atoms with Crippen LogP contribution >= 0.6 is 0 Å². The summed E-state index contributed by atoms with van der Waals surface area (Å²) in [7, 11) is 0. The van der Waals surface area contributed by atoms with Crippen molar-refractivity contribution in [1.82, 2.24) is 10.2 Å². The molecular formula is C17H18N4O. The van der Waals surface area contributed by atoms with Crippen molar-refractivity contribution in [3.63, 3.8) is 0 Å². The summed E-state index contributed by atoms with van der Waals surface area (Å²) in [6.07, 6.45) is 1.32. The van der Waals surface area contributed by atoms with Crippen molar-refractivity contribution >= 4 is 17.1 Å². The predicted octanol–water partition coefficient (Wildman–Crippen LogP) is 3.23. The number of oxime groups is 1. The van der Waals surface area contributed by atoms with E-state index in [1.54, 1.807) is 0 Å². The van der Waals surface area contributed by atoms with E-state index >= 15 is 0 Å². The van der Waals surface area contributed by atoms with Crippen molar-refractivity contribution in [2.75, 3.05) is 0 Å². The lowest BCUT2D eigenvalue weighted by molar-refractivity contribution is 0.321. The molecule has 5 heteroatoms. The van der Waals surface area contributed by atoms with Crippen LogP contribution in [0.15, 0.2) is 47.6 Å². The zero-order chi connectivity index (χ0) is 15.7. The average Bonchev–Trinajstić information content (AvgIpc) is 2.89. The van der Waals surface area contributed by atoms with Gasteiger partial charge in [0.2, 0.25) is 0 Å². The van der Waals surface area contributed by atoms with Crippen LogP contribution < -0.4 is 5.73 Å². The van der Waals surface area contributed by atoms with E-state index in [0.717, 1.165) is 27.6 Å². The summed E-state index contributed by atoms with van der Waals surface area (Å²) in [5.41, 5.74) is 10.5. The zero-order valence-corrected chi connectivity index (χ0v) is 12.5. The van der Waals surface area contributed by atoms with Gasteiger partial charge in [-0.1, -0.05) is 35.5 Å². The second-order valence-electron chi connectivity index (χ2n) is 5.91. The second-order valence-corrected chi connectivity index (χ2v) is 5.91. The molecule has 0 amide bonds. The van der Waals surface area contributed by atoms with Gasteiger partial charge in [0.25, 0.3) is 0 Å². The largest absolute Gasteiger partial charge is 0.411 e. The van der Waals surface area contributed by atoms with Crippen LogP contribution in [0.25, 0.3) is 22.0 Å². The van der Waals surface area contributed by atoms with Crippen LogP contribution in [0.5, 0.6) is 0 Å². The molecule has 1 aromatic heterocycles. The molecular weight excluding hydrogens is 276 g/mol. The number of rotatable bonds is 3. The molecule has 0 aliphatic rings. The Morgan fingerprint density at radius 2 is 1.82 bits per heavy atom. The lowest BCUT2D eigenvalue weighted by atomic mass is 9.93. The molecule has 0 atom stereocenters.